The Kier molecular flexibility index (Phi) is 4.97. The predicted octanol–water partition coefficient (Wildman–Crippen LogP) is 1.69. The van der Waals surface area contributed by atoms with Gasteiger partial charge in [-0.25, -0.2) is 4.98 Å². The molecule has 0 aliphatic carbocycles. The molecule has 1 atom stereocenters. The Morgan fingerprint density at radius 2 is 2.11 bits per heavy atom. The lowest BCUT2D eigenvalue weighted by atomic mass is 9.88. The molecule has 4 rings (SSSR count). The number of carbonyl (C=O) groups excluding carboxylic acids is 1. The van der Waals surface area contributed by atoms with Gasteiger partial charge in [0.2, 0.25) is 0 Å². The molecule has 2 aromatic rings. The molecule has 144 valence electrons. The number of fused-ring (bicyclic) bond motifs is 2. The van der Waals surface area contributed by atoms with Crippen LogP contribution in [-0.4, -0.2) is 50.6 Å². The van der Waals surface area contributed by atoms with Crippen LogP contribution in [0.25, 0.3) is 0 Å². The third kappa shape index (κ3) is 3.75. The normalized spacial score (nSPS) is 22.0. The van der Waals surface area contributed by atoms with E-state index in [9.17, 15) is 4.79 Å². The first-order valence-electron chi connectivity index (χ1n) is 9.68. The van der Waals surface area contributed by atoms with Gasteiger partial charge in [-0.15, -0.1) is 0 Å². The van der Waals surface area contributed by atoms with Crippen molar-refractivity contribution in [3.63, 3.8) is 0 Å². The van der Waals surface area contributed by atoms with E-state index in [2.05, 4.69) is 30.8 Å². The van der Waals surface area contributed by atoms with Crippen molar-refractivity contribution in [2.75, 3.05) is 13.1 Å². The Bertz CT molecular complexity index is 781. The number of nitrogens with one attached hydrogen (secondary N) is 1. The van der Waals surface area contributed by atoms with Crippen molar-refractivity contribution in [1.29, 1.82) is 0 Å². The molecule has 0 unspecified atom stereocenters. The molecule has 2 aromatic heterocycles. The lowest BCUT2D eigenvalue weighted by Crippen LogP contribution is -2.54. The van der Waals surface area contributed by atoms with Gasteiger partial charge < -0.3 is 14.6 Å². The van der Waals surface area contributed by atoms with Crippen LogP contribution in [0.4, 0.5) is 0 Å². The van der Waals surface area contributed by atoms with Crippen LogP contribution in [-0.2, 0) is 28.2 Å². The van der Waals surface area contributed by atoms with E-state index < -0.39 is 11.7 Å². The number of ether oxygens (including phenoxy) is 1. The molecule has 2 aliphatic rings. The highest BCUT2D eigenvalue weighted by Crippen LogP contribution is 2.40. The van der Waals surface area contributed by atoms with Crippen LogP contribution in [0.15, 0.2) is 36.8 Å². The minimum Gasteiger partial charge on any atom is -0.352 e. The second-order valence-electron chi connectivity index (χ2n) is 7.76. The lowest BCUT2D eigenvalue weighted by molar-refractivity contribution is -0.174. The number of piperidine rings is 1. The number of carbonyl (C=O) groups is 1. The summed E-state index contributed by atoms with van der Waals surface area (Å²) < 4.78 is 8.51. The maximum Gasteiger partial charge on any atom is 0.251 e. The summed E-state index contributed by atoms with van der Waals surface area (Å²) in [5, 5.41) is 2.98. The molecule has 0 aromatic carbocycles. The number of imidazole rings is 1. The molecular formula is C20H27N5O2. The summed E-state index contributed by atoms with van der Waals surface area (Å²) in [5.41, 5.74) is 0.593. The Balaban J connectivity index is 1.48. The molecule has 1 N–H and O–H groups in total. The van der Waals surface area contributed by atoms with E-state index in [-0.39, 0.29) is 11.9 Å². The monoisotopic (exact) mass is 369 g/mol. The molecule has 27 heavy (non-hydrogen) atoms. The Labute approximate surface area is 159 Å². The Morgan fingerprint density at radius 1 is 1.30 bits per heavy atom. The minimum atomic E-state index is -0.485. The van der Waals surface area contributed by atoms with E-state index >= 15 is 0 Å². The number of hydrogen-bond donors (Lipinski definition) is 1. The molecule has 1 amide bonds. The summed E-state index contributed by atoms with van der Waals surface area (Å²) in [6, 6.07) is 6.11. The fraction of sp³-hybridized carbons (Fsp3) is 0.550. The van der Waals surface area contributed by atoms with Crippen LogP contribution in [0.3, 0.4) is 0 Å². The first-order valence-corrected chi connectivity index (χ1v) is 9.68. The van der Waals surface area contributed by atoms with E-state index in [1.54, 1.807) is 0 Å². The van der Waals surface area contributed by atoms with Crippen LogP contribution in [0.1, 0.15) is 38.2 Å². The molecule has 7 nitrogen and oxygen atoms in total. The van der Waals surface area contributed by atoms with E-state index in [1.807, 2.05) is 44.6 Å². The number of hydrogen-bond acceptors (Lipinski definition) is 5. The van der Waals surface area contributed by atoms with E-state index in [0.717, 1.165) is 44.0 Å². The zero-order valence-electron chi connectivity index (χ0n) is 16.0. The van der Waals surface area contributed by atoms with Crippen molar-refractivity contribution >= 4 is 5.91 Å². The number of pyridine rings is 1. The van der Waals surface area contributed by atoms with Gasteiger partial charge in [-0.05, 0) is 38.8 Å². The highest BCUT2D eigenvalue weighted by atomic mass is 16.5. The van der Waals surface area contributed by atoms with Gasteiger partial charge >= 0.3 is 0 Å². The van der Waals surface area contributed by atoms with Crippen LogP contribution in [0.5, 0.6) is 0 Å². The molecule has 1 spiro atoms. The summed E-state index contributed by atoms with van der Waals surface area (Å²) in [6.45, 7) is 7.07. The molecule has 7 heteroatoms. The smallest absolute Gasteiger partial charge is 0.251 e. The van der Waals surface area contributed by atoms with Gasteiger partial charge in [-0.1, -0.05) is 6.07 Å². The van der Waals surface area contributed by atoms with E-state index in [4.69, 9.17) is 4.74 Å². The highest BCUT2D eigenvalue weighted by molar-refractivity contribution is 5.81. The Hall–Kier alpha value is -2.25. The van der Waals surface area contributed by atoms with E-state index in [0.29, 0.717) is 6.54 Å². The first kappa shape index (κ1) is 18.1. The number of rotatable bonds is 4. The summed E-state index contributed by atoms with van der Waals surface area (Å²) in [4.78, 5) is 24.0. The molecule has 2 aliphatic heterocycles. The van der Waals surface area contributed by atoms with Crippen molar-refractivity contribution in [3.05, 3.63) is 48.3 Å². The third-order valence-corrected chi connectivity index (χ3v) is 5.35. The standard InChI is InChI=1S/C20H27N5O2/c1-15(2)23-18(26)17-14-25-12-9-22-19(25)20(27-17)6-10-24(11-7-20)13-16-5-3-4-8-21-16/h3-5,8-9,12,15,17H,6-7,10-11,13-14H2,1-2H3,(H,23,26)/t17-/m0/s1. The summed E-state index contributed by atoms with van der Waals surface area (Å²) >= 11 is 0. The van der Waals surface area contributed by atoms with Gasteiger partial charge in [0.05, 0.1) is 12.2 Å². The molecule has 1 saturated heterocycles. The summed E-state index contributed by atoms with van der Waals surface area (Å²) in [5.74, 6) is 0.910. The zero-order valence-corrected chi connectivity index (χ0v) is 16.0. The van der Waals surface area contributed by atoms with Crippen molar-refractivity contribution in [2.24, 2.45) is 0 Å². The van der Waals surface area contributed by atoms with Crippen LogP contribution >= 0.6 is 0 Å². The topological polar surface area (TPSA) is 72.3 Å². The van der Waals surface area contributed by atoms with Crippen molar-refractivity contribution in [3.8, 4) is 0 Å². The maximum absolute atomic E-state index is 12.6. The van der Waals surface area contributed by atoms with Crippen LogP contribution < -0.4 is 5.32 Å². The van der Waals surface area contributed by atoms with Gasteiger partial charge in [0.25, 0.3) is 5.91 Å². The number of aromatic nitrogens is 3. The fourth-order valence-electron chi connectivity index (χ4n) is 4.05. The van der Waals surface area contributed by atoms with Crippen molar-refractivity contribution in [2.45, 2.75) is 57.5 Å². The molecule has 1 fully saturated rings. The molecule has 4 heterocycles. The third-order valence-electron chi connectivity index (χ3n) is 5.35. The van der Waals surface area contributed by atoms with Gasteiger partial charge in [0, 0.05) is 44.3 Å². The average Bonchev–Trinajstić information content (AvgIpc) is 3.14. The molecular weight excluding hydrogens is 342 g/mol. The fourth-order valence-corrected chi connectivity index (χ4v) is 4.05. The largest absolute Gasteiger partial charge is 0.352 e. The average molecular weight is 369 g/mol. The maximum atomic E-state index is 12.6. The summed E-state index contributed by atoms with van der Waals surface area (Å²) in [6.07, 6.45) is 6.76. The van der Waals surface area contributed by atoms with Gasteiger partial charge in [-0.2, -0.15) is 0 Å². The zero-order chi connectivity index (χ0) is 18.9. The number of nitrogens with zero attached hydrogens (tertiary/aromatic N) is 4. The minimum absolute atomic E-state index is 0.0420. The molecule has 0 radical (unpaired) electrons. The number of likely N-dealkylation sites (tertiary alicyclic amines) is 1. The van der Waals surface area contributed by atoms with Gasteiger partial charge in [0.1, 0.15) is 11.4 Å². The predicted molar refractivity (Wildman–Crippen MR) is 101 cm³/mol. The van der Waals surface area contributed by atoms with Crippen LogP contribution in [0.2, 0.25) is 0 Å². The first-order chi connectivity index (χ1) is 13.1. The van der Waals surface area contributed by atoms with E-state index in [1.165, 1.54) is 0 Å². The second kappa shape index (κ2) is 7.40. The highest BCUT2D eigenvalue weighted by Gasteiger charge is 2.47. The summed E-state index contributed by atoms with van der Waals surface area (Å²) in [7, 11) is 0. The second-order valence-corrected chi connectivity index (χ2v) is 7.76. The SMILES string of the molecule is CC(C)NC(=O)[C@@H]1Cn2ccnc2C2(CCN(Cc3ccccn3)CC2)O1. The van der Waals surface area contributed by atoms with Crippen LogP contribution in [0, 0.1) is 0 Å². The molecule has 0 saturated carbocycles. The van der Waals surface area contributed by atoms with Crippen molar-refractivity contribution < 1.29 is 9.53 Å². The Morgan fingerprint density at radius 3 is 2.81 bits per heavy atom. The lowest BCUT2D eigenvalue weighted by Gasteiger charge is -2.45. The van der Waals surface area contributed by atoms with Gasteiger partial charge in [-0.3, -0.25) is 14.7 Å². The number of amides is 1. The quantitative estimate of drug-likeness (QED) is 0.888. The van der Waals surface area contributed by atoms with Crippen molar-refractivity contribution in [1.82, 2.24) is 24.8 Å². The molecule has 0 bridgehead atoms. The van der Waals surface area contributed by atoms with Gasteiger partial charge in [0.15, 0.2) is 6.10 Å².